The van der Waals surface area contributed by atoms with Gasteiger partial charge in [-0.15, -0.1) is 0 Å². The predicted octanol–water partition coefficient (Wildman–Crippen LogP) is 1.24. The lowest BCUT2D eigenvalue weighted by Crippen LogP contribution is -2.37. The summed E-state index contributed by atoms with van der Waals surface area (Å²) in [6.07, 6.45) is 4.64. The van der Waals surface area contributed by atoms with Crippen molar-refractivity contribution in [2.45, 2.75) is 70.4 Å². The van der Waals surface area contributed by atoms with Gasteiger partial charge in [-0.3, -0.25) is 19.1 Å². The molecule has 3 heterocycles. The van der Waals surface area contributed by atoms with Crippen LogP contribution in [0.15, 0.2) is 34.0 Å². The minimum absolute atomic E-state index is 0.00840. The highest BCUT2D eigenvalue weighted by atomic mass is 16.8. The Labute approximate surface area is 162 Å². The SMILES string of the molecule is CC/C=C\CCC(=O)OC[C@H]1O[C@@H](n2ccc(=O)[nH]c2=O)C2OC(C)(C)OC21. The molecule has 0 spiro atoms. The molecule has 1 aromatic heterocycles. The van der Waals surface area contributed by atoms with Crippen molar-refractivity contribution >= 4 is 5.97 Å². The largest absolute Gasteiger partial charge is 0.463 e. The summed E-state index contributed by atoms with van der Waals surface area (Å²) in [4.78, 5) is 37.6. The first kappa shape index (κ1) is 20.5. The van der Waals surface area contributed by atoms with E-state index < -0.39 is 41.6 Å². The molecule has 0 radical (unpaired) electrons. The number of fused-ring (bicyclic) bond motifs is 1. The van der Waals surface area contributed by atoms with Gasteiger partial charge in [0.2, 0.25) is 0 Å². The van der Waals surface area contributed by atoms with E-state index in [2.05, 4.69) is 4.98 Å². The molecule has 1 N–H and O–H groups in total. The van der Waals surface area contributed by atoms with Gasteiger partial charge in [0.05, 0.1) is 0 Å². The molecule has 2 fully saturated rings. The minimum atomic E-state index is -0.865. The highest BCUT2D eigenvalue weighted by molar-refractivity contribution is 5.69. The number of carbonyl (C=O) groups excluding carboxylic acids is 1. The highest BCUT2D eigenvalue weighted by Crippen LogP contribution is 2.42. The van der Waals surface area contributed by atoms with E-state index in [0.717, 1.165) is 6.42 Å². The maximum atomic E-state index is 12.2. The normalized spacial score (nSPS) is 28.5. The van der Waals surface area contributed by atoms with Crippen molar-refractivity contribution in [1.82, 2.24) is 9.55 Å². The lowest BCUT2D eigenvalue weighted by Gasteiger charge is -2.24. The number of rotatable bonds is 7. The molecule has 28 heavy (non-hydrogen) atoms. The second-order valence-corrected chi connectivity index (χ2v) is 7.25. The average Bonchev–Trinajstić information content (AvgIpc) is 3.10. The van der Waals surface area contributed by atoms with Gasteiger partial charge in [0.15, 0.2) is 12.0 Å². The molecule has 1 aromatic rings. The third kappa shape index (κ3) is 4.60. The van der Waals surface area contributed by atoms with E-state index in [-0.39, 0.29) is 19.0 Å². The molecule has 3 rings (SSSR count). The Morgan fingerprint density at radius 1 is 1.29 bits per heavy atom. The third-order valence-electron chi connectivity index (χ3n) is 4.58. The predicted molar refractivity (Wildman–Crippen MR) is 98.7 cm³/mol. The first-order valence-electron chi connectivity index (χ1n) is 9.44. The smallest absolute Gasteiger partial charge is 0.330 e. The lowest BCUT2D eigenvalue weighted by atomic mass is 10.1. The molecule has 0 aromatic carbocycles. The molecule has 2 aliphatic rings. The van der Waals surface area contributed by atoms with Crippen LogP contribution in [-0.2, 0) is 23.7 Å². The minimum Gasteiger partial charge on any atom is -0.463 e. The molecule has 9 nitrogen and oxygen atoms in total. The number of allylic oxidation sites excluding steroid dienone is 2. The van der Waals surface area contributed by atoms with Gasteiger partial charge in [0.25, 0.3) is 5.56 Å². The van der Waals surface area contributed by atoms with E-state index in [0.29, 0.717) is 6.42 Å². The number of hydrogen-bond acceptors (Lipinski definition) is 7. The van der Waals surface area contributed by atoms with Crippen molar-refractivity contribution in [3.8, 4) is 0 Å². The number of ether oxygens (including phenoxy) is 4. The standard InChI is InChI=1S/C19H26N2O7/c1-4-5-6-7-8-14(23)25-11-12-15-16(28-19(2,3)27-15)17(26-12)21-10-9-13(22)20-18(21)24/h5-6,9-10,12,15-17H,4,7-8,11H2,1-3H3,(H,20,22,24)/b6-5-/t12-,15?,16?,17-/m1/s1. The van der Waals surface area contributed by atoms with Gasteiger partial charge in [0, 0.05) is 18.7 Å². The van der Waals surface area contributed by atoms with Crippen LogP contribution in [0.4, 0.5) is 0 Å². The van der Waals surface area contributed by atoms with Gasteiger partial charge in [0.1, 0.15) is 24.9 Å². The Morgan fingerprint density at radius 3 is 2.75 bits per heavy atom. The number of nitrogens with zero attached hydrogens (tertiary/aromatic N) is 1. The molecule has 2 saturated heterocycles. The zero-order valence-electron chi connectivity index (χ0n) is 16.3. The Kier molecular flexibility index (Phi) is 6.17. The molecular formula is C19H26N2O7. The van der Waals surface area contributed by atoms with E-state index >= 15 is 0 Å². The van der Waals surface area contributed by atoms with Crippen molar-refractivity contribution in [2.24, 2.45) is 0 Å². The fraction of sp³-hybridized carbons (Fsp3) is 0.632. The van der Waals surface area contributed by atoms with Gasteiger partial charge >= 0.3 is 11.7 Å². The topological polar surface area (TPSA) is 109 Å². The molecule has 0 saturated carbocycles. The Morgan fingerprint density at radius 2 is 2.04 bits per heavy atom. The number of hydrogen-bond donors (Lipinski definition) is 1. The molecule has 9 heteroatoms. The van der Waals surface area contributed by atoms with E-state index in [1.807, 2.05) is 19.1 Å². The second-order valence-electron chi connectivity index (χ2n) is 7.25. The maximum absolute atomic E-state index is 12.2. The van der Waals surface area contributed by atoms with Crippen LogP contribution in [0.3, 0.4) is 0 Å². The fourth-order valence-electron chi connectivity index (χ4n) is 3.38. The quantitative estimate of drug-likeness (QED) is 0.547. The molecule has 0 aliphatic carbocycles. The number of aromatic amines is 1. The zero-order valence-corrected chi connectivity index (χ0v) is 16.3. The molecule has 0 amide bonds. The summed E-state index contributed by atoms with van der Waals surface area (Å²) in [5, 5.41) is 0. The Balaban J connectivity index is 1.69. The fourth-order valence-corrected chi connectivity index (χ4v) is 3.38. The number of carbonyl (C=O) groups is 1. The van der Waals surface area contributed by atoms with Crippen LogP contribution in [-0.4, -0.2) is 46.2 Å². The Hall–Kier alpha value is -2.23. The van der Waals surface area contributed by atoms with Gasteiger partial charge in [-0.05, 0) is 26.7 Å². The number of esters is 1. The molecule has 0 bridgehead atoms. The molecular weight excluding hydrogens is 368 g/mol. The van der Waals surface area contributed by atoms with Crippen LogP contribution in [0, 0.1) is 0 Å². The second kappa shape index (κ2) is 8.42. The van der Waals surface area contributed by atoms with E-state index in [4.69, 9.17) is 18.9 Å². The summed E-state index contributed by atoms with van der Waals surface area (Å²) in [6, 6.07) is 1.23. The van der Waals surface area contributed by atoms with Crippen LogP contribution in [0.25, 0.3) is 0 Å². The van der Waals surface area contributed by atoms with E-state index in [1.165, 1.54) is 16.8 Å². The van der Waals surface area contributed by atoms with Crippen molar-refractivity contribution in [1.29, 1.82) is 0 Å². The van der Waals surface area contributed by atoms with Gasteiger partial charge in [-0.25, -0.2) is 4.79 Å². The molecule has 2 aliphatic heterocycles. The van der Waals surface area contributed by atoms with E-state index in [9.17, 15) is 14.4 Å². The van der Waals surface area contributed by atoms with Gasteiger partial charge in [-0.1, -0.05) is 19.1 Å². The Bertz CT molecular complexity index is 841. The monoisotopic (exact) mass is 394 g/mol. The van der Waals surface area contributed by atoms with Crippen molar-refractivity contribution < 1.29 is 23.7 Å². The number of H-pyrrole nitrogens is 1. The zero-order chi connectivity index (χ0) is 20.3. The molecule has 2 unspecified atom stereocenters. The summed E-state index contributed by atoms with van der Waals surface area (Å²) in [7, 11) is 0. The number of nitrogens with one attached hydrogen (secondary N) is 1. The first-order chi connectivity index (χ1) is 13.3. The van der Waals surface area contributed by atoms with E-state index in [1.54, 1.807) is 13.8 Å². The summed E-state index contributed by atoms with van der Waals surface area (Å²) in [5.41, 5.74) is -1.10. The maximum Gasteiger partial charge on any atom is 0.330 e. The van der Waals surface area contributed by atoms with Crippen molar-refractivity contribution in [2.75, 3.05) is 6.61 Å². The average molecular weight is 394 g/mol. The van der Waals surface area contributed by atoms with Crippen molar-refractivity contribution in [3.05, 3.63) is 45.3 Å². The van der Waals surface area contributed by atoms with Crippen LogP contribution in [0.1, 0.15) is 46.3 Å². The van der Waals surface area contributed by atoms with Gasteiger partial charge < -0.3 is 18.9 Å². The van der Waals surface area contributed by atoms with Crippen LogP contribution >= 0.6 is 0 Å². The summed E-state index contributed by atoms with van der Waals surface area (Å²) in [5.74, 6) is -1.19. The lowest BCUT2D eigenvalue weighted by molar-refractivity contribution is -0.203. The third-order valence-corrected chi connectivity index (χ3v) is 4.58. The van der Waals surface area contributed by atoms with Gasteiger partial charge in [-0.2, -0.15) is 0 Å². The van der Waals surface area contributed by atoms with Crippen molar-refractivity contribution in [3.63, 3.8) is 0 Å². The van der Waals surface area contributed by atoms with Crippen LogP contribution in [0.2, 0.25) is 0 Å². The molecule has 4 atom stereocenters. The van der Waals surface area contributed by atoms with Crippen LogP contribution < -0.4 is 11.2 Å². The summed E-state index contributed by atoms with van der Waals surface area (Å²) < 4.78 is 24.3. The number of aromatic nitrogens is 2. The summed E-state index contributed by atoms with van der Waals surface area (Å²) in [6.45, 7) is 5.55. The molecule has 154 valence electrons. The van der Waals surface area contributed by atoms with Crippen LogP contribution in [0.5, 0.6) is 0 Å². The summed E-state index contributed by atoms with van der Waals surface area (Å²) >= 11 is 0. The first-order valence-corrected chi connectivity index (χ1v) is 9.44. The highest BCUT2D eigenvalue weighted by Gasteiger charge is 2.56.